The van der Waals surface area contributed by atoms with Crippen LogP contribution >= 0.6 is 11.3 Å². The highest BCUT2D eigenvalue weighted by Gasteiger charge is 2.15. The molecule has 1 N–H and O–H groups in total. The van der Waals surface area contributed by atoms with Gasteiger partial charge in [-0.1, -0.05) is 36.4 Å². The molecule has 6 heteroatoms. The highest BCUT2D eigenvalue weighted by molar-refractivity contribution is 7.11. The van der Waals surface area contributed by atoms with Gasteiger partial charge in [0.2, 0.25) is 0 Å². The Labute approximate surface area is 194 Å². The van der Waals surface area contributed by atoms with Gasteiger partial charge in [-0.2, -0.15) is 5.26 Å². The maximum atomic E-state index is 12.7. The summed E-state index contributed by atoms with van der Waals surface area (Å²) in [5.41, 5.74) is 4.60. The molecule has 0 atom stereocenters. The first-order chi connectivity index (χ1) is 16.0. The fourth-order valence-corrected chi connectivity index (χ4v) is 4.49. The molecule has 5 aromatic rings. The molecule has 2 heterocycles. The van der Waals surface area contributed by atoms with Gasteiger partial charge in [0.15, 0.2) is 0 Å². The third kappa shape index (κ3) is 3.91. The fourth-order valence-electron chi connectivity index (χ4n) is 3.70. The highest BCUT2D eigenvalue weighted by atomic mass is 32.1. The van der Waals surface area contributed by atoms with Crippen molar-refractivity contribution in [1.82, 2.24) is 4.98 Å². The minimum absolute atomic E-state index is 0.376. The SMILES string of the molecule is Cc1ccc(N/C=C(\C#N)c2nc(-c3cc4c(ccc5ccccc54)oc3=O)cs2)cc1C. The lowest BCUT2D eigenvalue weighted by molar-refractivity contribution is 0.563. The standard InChI is InChI=1S/C27H19N3O2S/c1-16-7-9-20(11-17(16)2)29-14-19(13-28)26-30-24(15-33-26)23-12-22-21-6-4-3-5-18(21)8-10-25(22)32-27(23)31/h3-12,14-15,29H,1-2H3/b19-14+. The van der Waals surface area contributed by atoms with Gasteiger partial charge in [-0.05, 0) is 60.0 Å². The largest absolute Gasteiger partial charge is 0.422 e. The third-order valence-corrected chi connectivity index (χ3v) is 6.54. The Kier molecular flexibility index (Phi) is 5.25. The van der Waals surface area contributed by atoms with Crippen molar-refractivity contribution in [3.8, 4) is 17.3 Å². The molecule has 33 heavy (non-hydrogen) atoms. The predicted octanol–water partition coefficient (Wildman–Crippen LogP) is 6.66. The lowest BCUT2D eigenvalue weighted by atomic mass is 10.0. The summed E-state index contributed by atoms with van der Waals surface area (Å²) >= 11 is 1.31. The monoisotopic (exact) mass is 449 g/mol. The van der Waals surface area contributed by atoms with Crippen molar-refractivity contribution >= 4 is 44.3 Å². The van der Waals surface area contributed by atoms with Gasteiger partial charge in [-0.25, -0.2) is 9.78 Å². The average molecular weight is 450 g/mol. The van der Waals surface area contributed by atoms with E-state index in [-0.39, 0.29) is 0 Å². The summed E-state index contributed by atoms with van der Waals surface area (Å²) in [5.74, 6) is 0. The molecule has 3 aromatic carbocycles. The molecule has 5 rings (SSSR count). The lowest BCUT2D eigenvalue weighted by Crippen LogP contribution is -2.03. The minimum atomic E-state index is -0.453. The molecule has 0 saturated heterocycles. The smallest absolute Gasteiger partial charge is 0.345 e. The van der Waals surface area contributed by atoms with E-state index >= 15 is 0 Å². The summed E-state index contributed by atoms with van der Waals surface area (Å²) < 4.78 is 5.59. The van der Waals surface area contributed by atoms with Gasteiger partial charge in [0.25, 0.3) is 0 Å². The number of anilines is 1. The number of aromatic nitrogens is 1. The van der Waals surface area contributed by atoms with E-state index < -0.39 is 5.63 Å². The van der Waals surface area contributed by atoms with Crippen LogP contribution < -0.4 is 10.9 Å². The molecule has 0 aliphatic rings. The quantitative estimate of drug-likeness (QED) is 0.188. The zero-order valence-electron chi connectivity index (χ0n) is 18.0. The Balaban J connectivity index is 1.52. The molecule has 0 bridgehead atoms. The summed E-state index contributed by atoms with van der Waals surface area (Å²) in [7, 11) is 0. The average Bonchev–Trinajstić information content (AvgIpc) is 3.31. The number of rotatable bonds is 4. The lowest BCUT2D eigenvalue weighted by Gasteiger charge is -2.05. The maximum Gasteiger partial charge on any atom is 0.345 e. The van der Waals surface area contributed by atoms with E-state index in [0.717, 1.165) is 21.8 Å². The molecular formula is C27H19N3O2S. The van der Waals surface area contributed by atoms with Crippen LogP contribution in [0, 0.1) is 25.2 Å². The van der Waals surface area contributed by atoms with Crippen LogP contribution in [0.2, 0.25) is 0 Å². The molecule has 0 amide bonds. The van der Waals surface area contributed by atoms with Crippen LogP contribution in [0.3, 0.4) is 0 Å². The number of nitrogens with zero attached hydrogens (tertiary/aromatic N) is 2. The summed E-state index contributed by atoms with van der Waals surface area (Å²) in [6.45, 7) is 4.10. The van der Waals surface area contributed by atoms with E-state index in [4.69, 9.17) is 4.42 Å². The molecule has 2 aromatic heterocycles. The number of thiazole rings is 1. The number of hydrogen-bond donors (Lipinski definition) is 1. The normalized spacial score (nSPS) is 11.6. The first-order valence-electron chi connectivity index (χ1n) is 10.4. The van der Waals surface area contributed by atoms with Crippen molar-refractivity contribution in [2.45, 2.75) is 13.8 Å². The molecule has 160 valence electrons. The second-order valence-electron chi connectivity index (χ2n) is 7.80. The number of nitrogens with one attached hydrogen (secondary N) is 1. The van der Waals surface area contributed by atoms with E-state index in [1.807, 2.05) is 67.6 Å². The Hall–Kier alpha value is -4.21. The van der Waals surface area contributed by atoms with Gasteiger partial charge in [0.1, 0.15) is 22.2 Å². The van der Waals surface area contributed by atoms with Gasteiger partial charge in [-0.3, -0.25) is 0 Å². The summed E-state index contributed by atoms with van der Waals surface area (Å²) in [5, 5.41) is 18.1. The molecule has 5 nitrogen and oxygen atoms in total. The second-order valence-corrected chi connectivity index (χ2v) is 8.66. The Morgan fingerprint density at radius 1 is 1.06 bits per heavy atom. The van der Waals surface area contributed by atoms with Crippen LogP contribution in [-0.2, 0) is 0 Å². The molecule has 0 radical (unpaired) electrons. The highest BCUT2D eigenvalue weighted by Crippen LogP contribution is 2.30. The number of aryl methyl sites for hydroxylation is 2. The van der Waals surface area contributed by atoms with Crippen LogP contribution in [0.1, 0.15) is 16.1 Å². The van der Waals surface area contributed by atoms with Crippen molar-refractivity contribution in [2.75, 3.05) is 5.32 Å². The van der Waals surface area contributed by atoms with E-state index in [1.165, 1.54) is 22.5 Å². The topological polar surface area (TPSA) is 78.9 Å². The number of allylic oxidation sites excluding steroid dienone is 1. The molecule has 0 spiro atoms. The van der Waals surface area contributed by atoms with Crippen molar-refractivity contribution in [2.24, 2.45) is 0 Å². The fraction of sp³-hybridized carbons (Fsp3) is 0.0741. The number of hydrogen-bond acceptors (Lipinski definition) is 6. The number of fused-ring (bicyclic) bond motifs is 3. The first-order valence-corrected chi connectivity index (χ1v) is 11.3. The van der Waals surface area contributed by atoms with Crippen LogP contribution in [0.4, 0.5) is 5.69 Å². The second kappa shape index (κ2) is 8.38. The zero-order chi connectivity index (χ0) is 22.9. The van der Waals surface area contributed by atoms with E-state index in [9.17, 15) is 10.1 Å². The Bertz CT molecular complexity index is 1650. The Morgan fingerprint density at radius 3 is 2.73 bits per heavy atom. The Morgan fingerprint density at radius 2 is 1.91 bits per heavy atom. The summed E-state index contributed by atoms with van der Waals surface area (Å²) in [6.07, 6.45) is 1.64. The van der Waals surface area contributed by atoms with Gasteiger partial charge in [-0.15, -0.1) is 11.3 Å². The molecule has 0 saturated carbocycles. The van der Waals surface area contributed by atoms with Crippen LogP contribution in [0.25, 0.3) is 38.6 Å². The summed E-state index contributed by atoms with van der Waals surface area (Å²) in [6, 6.07) is 21.7. The van der Waals surface area contributed by atoms with Gasteiger partial charge >= 0.3 is 5.63 Å². The van der Waals surface area contributed by atoms with Crippen LogP contribution in [0.15, 0.2) is 81.5 Å². The van der Waals surface area contributed by atoms with Crippen LogP contribution in [0.5, 0.6) is 0 Å². The van der Waals surface area contributed by atoms with Gasteiger partial charge in [0, 0.05) is 22.7 Å². The van der Waals surface area contributed by atoms with Crippen molar-refractivity contribution < 1.29 is 4.42 Å². The third-order valence-electron chi connectivity index (χ3n) is 5.66. The van der Waals surface area contributed by atoms with Gasteiger partial charge in [0.05, 0.1) is 11.3 Å². The predicted molar refractivity (Wildman–Crippen MR) is 134 cm³/mol. The molecule has 0 unspecified atom stereocenters. The van der Waals surface area contributed by atoms with Crippen molar-refractivity contribution in [3.63, 3.8) is 0 Å². The number of benzene rings is 3. The van der Waals surface area contributed by atoms with Crippen molar-refractivity contribution in [3.05, 3.63) is 98.8 Å². The van der Waals surface area contributed by atoms with E-state index in [1.54, 1.807) is 11.6 Å². The number of nitriles is 1. The minimum Gasteiger partial charge on any atom is -0.422 e. The van der Waals surface area contributed by atoms with Gasteiger partial charge < -0.3 is 9.73 Å². The van der Waals surface area contributed by atoms with E-state index in [2.05, 4.69) is 23.3 Å². The van der Waals surface area contributed by atoms with Crippen molar-refractivity contribution in [1.29, 1.82) is 5.26 Å². The first kappa shape index (κ1) is 20.7. The molecule has 0 fully saturated rings. The molecule has 0 aliphatic heterocycles. The van der Waals surface area contributed by atoms with E-state index in [0.29, 0.717) is 27.4 Å². The zero-order valence-corrected chi connectivity index (χ0v) is 18.9. The molecule has 0 aliphatic carbocycles. The molecular weight excluding hydrogens is 430 g/mol. The van der Waals surface area contributed by atoms with Crippen LogP contribution in [-0.4, -0.2) is 4.98 Å². The summed E-state index contributed by atoms with van der Waals surface area (Å²) in [4.78, 5) is 17.3. The maximum absolute atomic E-state index is 12.7.